The second kappa shape index (κ2) is 8.64. The molecule has 2 aromatic carbocycles. The van der Waals surface area contributed by atoms with Crippen LogP contribution in [0.2, 0.25) is 10.0 Å². The lowest BCUT2D eigenvalue weighted by Gasteiger charge is -2.05. The highest BCUT2D eigenvalue weighted by Gasteiger charge is 2.13. The zero-order valence-corrected chi connectivity index (χ0v) is 15.9. The third-order valence-corrected chi connectivity index (χ3v) is 4.55. The van der Waals surface area contributed by atoms with Crippen molar-refractivity contribution in [1.29, 1.82) is 0 Å². The van der Waals surface area contributed by atoms with Crippen LogP contribution in [0.25, 0.3) is 11.3 Å². The van der Waals surface area contributed by atoms with Gasteiger partial charge in [0, 0.05) is 18.7 Å². The van der Waals surface area contributed by atoms with Crippen LogP contribution in [0.4, 0.5) is 0 Å². The smallest absolute Gasteiger partial charge is 0.117 e. The normalized spacial score (nSPS) is 12.3. The highest BCUT2D eigenvalue weighted by Crippen LogP contribution is 2.24. The lowest BCUT2D eigenvalue weighted by molar-refractivity contribution is 0.191. The van der Waals surface area contributed by atoms with E-state index in [0.29, 0.717) is 29.7 Å². The summed E-state index contributed by atoms with van der Waals surface area (Å²) in [6, 6.07) is 15.4. The molecule has 0 spiro atoms. The molecule has 0 saturated heterocycles. The lowest BCUT2D eigenvalue weighted by atomic mass is 10.1. The third-order valence-electron chi connectivity index (χ3n) is 3.81. The highest BCUT2D eigenvalue weighted by molar-refractivity contribution is 6.42. The summed E-state index contributed by atoms with van der Waals surface area (Å²) in [6.45, 7) is 3.25. The van der Waals surface area contributed by atoms with Crippen molar-refractivity contribution < 1.29 is 5.11 Å². The largest absolute Gasteiger partial charge is 0.392 e. The van der Waals surface area contributed by atoms with E-state index in [-0.39, 0.29) is 0 Å². The summed E-state index contributed by atoms with van der Waals surface area (Å²) in [5, 5.41) is 22.9. The Kier molecular flexibility index (Phi) is 6.27. The van der Waals surface area contributed by atoms with Gasteiger partial charge in [-0.25, -0.2) is 0 Å². The predicted molar refractivity (Wildman–Crippen MR) is 104 cm³/mol. The van der Waals surface area contributed by atoms with Crippen molar-refractivity contribution in [3.63, 3.8) is 0 Å². The van der Waals surface area contributed by atoms with Crippen LogP contribution < -0.4 is 5.32 Å². The number of nitrogens with zero attached hydrogens (tertiary/aromatic N) is 3. The standard InChI is InChI=1S/C19H20Cl2N4O/c1-13(26)10-22-11-18-19(15-5-3-2-4-6-15)24-25(23-18)12-14-7-8-16(20)17(21)9-14/h2-9,13,22,26H,10-12H2,1H3/t13-/m1/s1. The summed E-state index contributed by atoms with van der Waals surface area (Å²) in [4.78, 5) is 1.65. The van der Waals surface area contributed by atoms with E-state index >= 15 is 0 Å². The van der Waals surface area contributed by atoms with E-state index in [9.17, 15) is 5.11 Å². The predicted octanol–water partition coefficient (Wildman–Crippen LogP) is 3.77. The van der Waals surface area contributed by atoms with E-state index in [1.54, 1.807) is 17.8 Å². The first-order valence-corrected chi connectivity index (χ1v) is 9.10. The number of aromatic nitrogens is 3. The lowest BCUT2D eigenvalue weighted by Crippen LogP contribution is -2.24. The number of hydrogen-bond donors (Lipinski definition) is 2. The number of benzene rings is 2. The van der Waals surface area contributed by atoms with Crippen LogP contribution in [0.15, 0.2) is 48.5 Å². The van der Waals surface area contributed by atoms with Crippen molar-refractivity contribution in [1.82, 2.24) is 20.3 Å². The molecule has 1 heterocycles. The molecule has 0 fully saturated rings. The van der Waals surface area contributed by atoms with Gasteiger partial charge in [0.2, 0.25) is 0 Å². The molecule has 1 aromatic heterocycles. The molecule has 0 aliphatic rings. The van der Waals surface area contributed by atoms with Gasteiger partial charge in [-0.15, -0.1) is 0 Å². The summed E-state index contributed by atoms with van der Waals surface area (Å²) in [6.07, 6.45) is -0.415. The molecule has 7 heteroatoms. The molecule has 0 saturated carbocycles. The molecule has 3 rings (SSSR count). The van der Waals surface area contributed by atoms with Crippen LogP contribution in [0.5, 0.6) is 0 Å². The summed E-state index contributed by atoms with van der Waals surface area (Å²) in [5.74, 6) is 0. The molecule has 0 aliphatic carbocycles. The minimum atomic E-state index is -0.415. The van der Waals surface area contributed by atoms with Gasteiger partial charge in [0.25, 0.3) is 0 Å². The van der Waals surface area contributed by atoms with Crippen LogP contribution in [0, 0.1) is 0 Å². The number of aliphatic hydroxyl groups excluding tert-OH is 1. The van der Waals surface area contributed by atoms with Crippen molar-refractivity contribution in [2.45, 2.75) is 26.1 Å². The fourth-order valence-electron chi connectivity index (χ4n) is 2.59. The number of rotatable bonds is 7. The van der Waals surface area contributed by atoms with E-state index < -0.39 is 6.10 Å². The van der Waals surface area contributed by atoms with Gasteiger partial charge in [-0.3, -0.25) is 0 Å². The molecular weight excluding hydrogens is 371 g/mol. The fraction of sp³-hybridized carbons (Fsp3) is 0.263. The number of halogens is 2. The molecule has 1 atom stereocenters. The molecule has 2 N–H and O–H groups in total. The molecule has 0 radical (unpaired) electrons. The molecule has 0 unspecified atom stereocenters. The van der Waals surface area contributed by atoms with Crippen molar-refractivity contribution in [2.75, 3.05) is 6.54 Å². The minimum absolute atomic E-state index is 0.415. The average Bonchev–Trinajstić information content (AvgIpc) is 3.01. The zero-order valence-electron chi connectivity index (χ0n) is 14.4. The topological polar surface area (TPSA) is 63.0 Å². The van der Waals surface area contributed by atoms with Gasteiger partial charge >= 0.3 is 0 Å². The molecule has 26 heavy (non-hydrogen) atoms. The van der Waals surface area contributed by atoms with Crippen molar-refractivity contribution in [2.24, 2.45) is 0 Å². The molecule has 0 bridgehead atoms. The molecule has 5 nitrogen and oxygen atoms in total. The van der Waals surface area contributed by atoms with Gasteiger partial charge in [-0.1, -0.05) is 59.6 Å². The monoisotopic (exact) mass is 390 g/mol. The summed E-state index contributed by atoms with van der Waals surface area (Å²) in [7, 11) is 0. The van der Waals surface area contributed by atoms with E-state index in [1.165, 1.54) is 0 Å². The maximum atomic E-state index is 9.44. The molecule has 136 valence electrons. The van der Waals surface area contributed by atoms with Gasteiger partial charge in [-0.2, -0.15) is 15.0 Å². The maximum absolute atomic E-state index is 9.44. The van der Waals surface area contributed by atoms with E-state index in [1.807, 2.05) is 42.5 Å². The zero-order chi connectivity index (χ0) is 18.5. The molecule has 3 aromatic rings. The van der Waals surface area contributed by atoms with Crippen molar-refractivity contribution >= 4 is 23.2 Å². The van der Waals surface area contributed by atoms with Crippen LogP contribution in [0.3, 0.4) is 0 Å². The number of aliphatic hydroxyl groups is 1. The van der Waals surface area contributed by atoms with Gasteiger partial charge < -0.3 is 10.4 Å². The number of hydrogen-bond acceptors (Lipinski definition) is 4. The van der Waals surface area contributed by atoms with E-state index in [2.05, 4.69) is 15.5 Å². The fourth-order valence-corrected chi connectivity index (χ4v) is 2.91. The second-order valence-electron chi connectivity index (χ2n) is 6.12. The van der Waals surface area contributed by atoms with Crippen LogP contribution >= 0.6 is 23.2 Å². The Morgan fingerprint density at radius 1 is 1.08 bits per heavy atom. The Morgan fingerprint density at radius 2 is 1.85 bits per heavy atom. The van der Waals surface area contributed by atoms with Gasteiger partial charge in [0.1, 0.15) is 11.4 Å². The Labute approximate surface area is 162 Å². The summed E-state index contributed by atoms with van der Waals surface area (Å²) >= 11 is 12.1. The quantitative estimate of drug-likeness (QED) is 0.644. The van der Waals surface area contributed by atoms with Gasteiger partial charge in [0.05, 0.1) is 22.7 Å². The average molecular weight is 391 g/mol. The first-order valence-electron chi connectivity index (χ1n) is 8.35. The minimum Gasteiger partial charge on any atom is -0.392 e. The Morgan fingerprint density at radius 3 is 2.54 bits per heavy atom. The summed E-state index contributed by atoms with van der Waals surface area (Å²) in [5.41, 5.74) is 3.62. The van der Waals surface area contributed by atoms with Gasteiger partial charge in [-0.05, 0) is 24.6 Å². The molecular formula is C19H20Cl2N4O. The highest BCUT2D eigenvalue weighted by atomic mass is 35.5. The van der Waals surface area contributed by atoms with E-state index in [4.69, 9.17) is 23.2 Å². The third kappa shape index (κ3) is 4.83. The molecule has 0 aliphatic heterocycles. The first-order chi connectivity index (χ1) is 12.5. The number of nitrogens with one attached hydrogen (secondary N) is 1. The second-order valence-corrected chi connectivity index (χ2v) is 6.93. The van der Waals surface area contributed by atoms with Crippen molar-refractivity contribution in [3.8, 4) is 11.3 Å². The van der Waals surface area contributed by atoms with E-state index in [0.717, 1.165) is 22.5 Å². The van der Waals surface area contributed by atoms with Crippen molar-refractivity contribution in [3.05, 3.63) is 69.8 Å². The summed E-state index contributed by atoms with van der Waals surface area (Å²) < 4.78 is 0. The van der Waals surface area contributed by atoms with Crippen LogP contribution in [-0.2, 0) is 13.1 Å². The molecule has 0 amide bonds. The SMILES string of the molecule is C[C@@H](O)CNCc1nn(Cc2ccc(Cl)c(Cl)c2)nc1-c1ccccc1. The van der Waals surface area contributed by atoms with Crippen LogP contribution in [0.1, 0.15) is 18.2 Å². The van der Waals surface area contributed by atoms with Gasteiger partial charge in [0.15, 0.2) is 0 Å². The Bertz CT molecular complexity index is 865. The Hall–Kier alpha value is -1.92. The van der Waals surface area contributed by atoms with Crippen LogP contribution in [-0.4, -0.2) is 32.7 Å². The Balaban J connectivity index is 1.86. The first kappa shape index (κ1) is 18.9. The maximum Gasteiger partial charge on any atom is 0.117 e.